The molecule has 0 fully saturated rings. The second-order valence-electron chi connectivity index (χ2n) is 1.82. The molecule has 0 amide bonds. The molecule has 5 heteroatoms. The van der Waals surface area contributed by atoms with Crippen LogP contribution in [0.25, 0.3) is 0 Å². The molecule has 0 aliphatic carbocycles. The van der Waals surface area contributed by atoms with Crippen molar-refractivity contribution in [2.24, 2.45) is 4.99 Å². The maximum absolute atomic E-state index is 10.1. The number of aliphatic hydroxyl groups excluding tert-OH is 1. The Labute approximate surface area is 82.4 Å². The number of rotatable bonds is 5. The number of aliphatic imine (C=N–C) groups is 1. The number of esters is 1. The van der Waals surface area contributed by atoms with Gasteiger partial charge >= 0.3 is 5.97 Å². The van der Waals surface area contributed by atoms with Crippen LogP contribution in [0.4, 0.5) is 0 Å². The zero-order valence-electron chi connectivity index (χ0n) is 7.81. The fraction of sp³-hybridized carbons (Fsp3) is 0.333. The van der Waals surface area contributed by atoms with Gasteiger partial charge in [0.15, 0.2) is 0 Å². The van der Waals surface area contributed by atoms with Crippen molar-refractivity contribution >= 4 is 12.0 Å². The van der Waals surface area contributed by atoms with E-state index in [2.05, 4.69) is 22.9 Å². The highest BCUT2D eigenvalue weighted by molar-refractivity contribution is 5.81. The number of carbonyl (C=O) groups is 1. The van der Waals surface area contributed by atoms with Crippen LogP contribution in [0, 0.1) is 0 Å². The van der Waals surface area contributed by atoms with E-state index in [9.17, 15) is 9.59 Å². The Hall–Kier alpha value is -1.71. The molecule has 0 saturated carbocycles. The molecule has 5 nitrogen and oxygen atoms in total. The normalized spacial score (nSPS) is 7.21. The molecule has 0 spiro atoms. The van der Waals surface area contributed by atoms with Gasteiger partial charge in [-0.25, -0.2) is 14.6 Å². The van der Waals surface area contributed by atoms with Crippen molar-refractivity contribution in [1.29, 1.82) is 0 Å². The summed E-state index contributed by atoms with van der Waals surface area (Å²) in [5, 5.41) is 8.10. The van der Waals surface area contributed by atoms with Crippen molar-refractivity contribution in [3.63, 3.8) is 0 Å². The van der Waals surface area contributed by atoms with E-state index in [0.717, 1.165) is 6.08 Å². The minimum atomic E-state index is -0.501. The first kappa shape index (κ1) is 14.8. The smallest absolute Gasteiger partial charge is 0.330 e. The number of carbonyl (C=O) groups excluding carboxylic acids is 2. The standard InChI is InChI=1S/C5H8O3.C4H5NO/c1-2-5(7)8-4-3-6;1-2-3-5-4-6/h2,6H,1,3-4H2;2H,1,3H2. The summed E-state index contributed by atoms with van der Waals surface area (Å²) in [4.78, 5) is 22.5. The average molecular weight is 199 g/mol. The number of aliphatic hydroxyl groups is 1. The number of nitrogens with zero attached hydrogens (tertiary/aromatic N) is 1. The van der Waals surface area contributed by atoms with E-state index in [-0.39, 0.29) is 13.2 Å². The highest BCUT2D eigenvalue weighted by Crippen LogP contribution is 1.75. The molecule has 0 aromatic rings. The monoisotopic (exact) mass is 199 g/mol. The lowest BCUT2D eigenvalue weighted by Gasteiger charge is -1.94. The average Bonchev–Trinajstić information content (AvgIpc) is 2.23. The topological polar surface area (TPSA) is 76.0 Å². The minimum absolute atomic E-state index is 0.0465. The van der Waals surface area contributed by atoms with Crippen molar-refractivity contribution in [2.45, 2.75) is 0 Å². The lowest BCUT2D eigenvalue weighted by atomic mass is 10.6. The highest BCUT2D eigenvalue weighted by atomic mass is 16.5. The SMILES string of the molecule is C=CC(=O)OCCO.C=CCN=C=O. The van der Waals surface area contributed by atoms with Crippen molar-refractivity contribution in [2.75, 3.05) is 19.8 Å². The Bertz CT molecular complexity index is 219. The Morgan fingerprint density at radius 1 is 1.57 bits per heavy atom. The van der Waals surface area contributed by atoms with Gasteiger partial charge in [-0.3, -0.25) is 0 Å². The molecule has 0 unspecified atom stereocenters. The van der Waals surface area contributed by atoms with Gasteiger partial charge in [0, 0.05) is 6.08 Å². The predicted molar refractivity (Wildman–Crippen MR) is 51.4 cm³/mol. The maximum Gasteiger partial charge on any atom is 0.330 e. The Balaban J connectivity index is 0. The van der Waals surface area contributed by atoms with Crippen LogP contribution < -0.4 is 0 Å². The van der Waals surface area contributed by atoms with Crippen molar-refractivity contribution < 1.29 is 19.4 Å². The molecule has 14 heavy (non-hydrogen) atoms. The third kappa shape index (κ3) is 16.7. The maximum atomic E-state index is 10.1. The molecule has 0 aromatic heterocycles. The quantitative estimate of drug-likeness (QED) is 0.226. The summed E-state index contributed by atoms with van der Waals surface area (Å²) in [7, 11) is 0. The lowest BCUT2D eigenvalue weighted by Crippen LogP contribution is -2.04. The molecular weight excluding hydrogens is 186 g/mol. The summed E-state index contributed by atoms with van der Waals surface area (Å²) in [5.74, 6) is -0.501. The molecule has 0 atom stereocenters. The first-order chi connectivity index (χ1) is 6.72. The molecule has 0 aromatic carbocycles. The summed E-state index contributed by atoms with van der Waals surface area (Å²) in [6.45, 7) is 6.77. The van der Waals surface area contributed by atoms with Gasteiger partial charge in [-0.1, -0.05) is 12.7 Å². The van der Waals surface area contributed by atoms with Crippen molar-refractivity contribution in [3.05, 3.63) is 25.3 Å². The fourth-order valence-corrected chi connectivity index (χ4v) is 0.307. The van der Waals surface area contributed by atoms with Gasteiger partial charge in [-0.05, 0) is 0 Å². The van der Waals surface area contributed by atoms with Crippen molar-refractivity contribution in [1.82, 2.24) is 0 Å². The molecule has 0 bridgehead atoms. The van der Waals surface area contributed by atoms with Gasteiger partial charge in [0.2, 0.25) is 6.08 Å². The Morgan fingerprint density at radius 3 is 2.50 bits per heavy atom. The van der Waals surface area contributed by atoms with Crippen LogP contribution in [0.5, 0.6) is 0 Å². The first-order valence-electron chi connectivity index (χ1n) is 3.77. The zero-order chi connectivity index (χ0) is 11.2. The van der Waals surface area contributed by atoms with E-state index < -0.39 is 5.97 Å². The third-order valence-electron chi connectivity index (χ3n) is 0.787. The molecule has 0 aliphatic heterocycles. The summed E-state index contributed by atoms with van der Waals surface area (Å²) < 4.78 is 4.33. The van der Waals surface area contributed by atoms with E-state index in [0.29, 0.717) is 6.54 Å². The van der Waals surface area contributed by atoms with Crippen LogP contribution in [0.1, 0.15) is 0 Å². The molecule has 1 N–H and O–H groups in total. The summed E-state index contributed by atoms with van der Waals surface area (Å²) in [5.41, 5.74) is 0. The van der Waals surface area contributed by atoms with Gasteiger partial charge < -0.3 is 9.84 Å². The molecule has 0 rings (SSSR count). The van der Waals surface area contributed by atoms with Gasteiger partial charge in [-0.15, -0.1) is 6.58 Å². The van der Waals surface area contributed by atoms with Crippen LogP contribution >= 0.6 is 0 Å². The largest absolute Gasteiger partial charge is 0.460 e. The van der Waals surface area contributed by atoms with E-state index in [1.807, 2.05) is 0 Å². The van der Waals surface area contributed by atoms with Crippen LogP contribution in [0.2, 0.25) is 0 Å². The number of hydrogen-bond acceptors (Lipinski definition) is 5. The van der Waals surface area contributed by atoms with Gasteiger partial charge in [-0.2, -0.15) is 0 Å². The molecule has 78 valence electrons. The van der Waals surface area contributed by atoms with E-state index in [1.54, 1.807) is 0 Å². The van der Waals surface area contributed by atoms with Crippen LogP contribution in [0.3, 0.4) is 0 Å². The van der Waals surface area contributed by atoms with E-state index >= 15 is 0 Å². The summed E-state index contributed by atoms with van der Waals surface area (Å²) in [6.07, 6.45) is 3.96. The molecule has 0 heterocycles. The Kier molecular flexibility index (Phi) is 14.6. The number of isocyanates is 1. The van der Waals surface area contributed by atoms with Gasteiger partial charge in [0.05, 0.1) is 13.2 Å². The number of ether oxygens (including phenoxy) is 1. The lowest BCUT2D eigenvalue weighted by molar-refractivity contribution is -0.138. The molecule has 0 saturated heterocycles. The minimum Gasteiger partial charge on any atom is -0.460 e. The van der Waals surface area contributed by atoms with E-state index in [1.165, 1.54) is 12.2 Å². The van der Waals surface area contributed by atoms with Crippen LogP contribution in [0.15, 0.2) is 30.3 Å². The molecule has 0 radical (unpaired) electrons. The van der Waals surface area contributed by atoms with Crippen LogP contribution in [-0.2, 0) is 14.3 Å². The first-order valence-corrected chi connectivity index (χ1v) is 3.77. The fourth-order valence-electron chi connectivity index (χ4n) is 0.307. The number of hydrogen-bond donors (Lipinski definition) is 1. The van der Waals surface area contributed by atoms with Crippen molar-refractivity contribution in [3.8, 4) is 0 Å². The second-order valence-corrected chi connectivity index (χ2v) is 1.82. The Morgan fingerprint density at radius 2 is 2.21 bits per heavy atom. The summed E-state index contributed by atoms with van der Waals surface area (Å²) >= 11 is 0. The summed E-state index contributed by atoms with van der Waals surface area (Å²) in [6, 6.07) is 0. The second kappa shape index (κ2) is 13.9. The van der Waals surface area contributed by atoms with Gasteiger partial charge in [0.1, 0.15) is 6.61 Å². The highest BCUT2D eigenvalue weighted by Gasteiger charge is 1.90. The third-order valence-corrected chi connectivity index (χ3v) is 0.787. The molecule has 0 aliphatic rings. The predicted octanol–water partition coefficient (Wildman–Crippen LogP) is 0.216. The molecular formula is C9H13NO4. The van der Waals surface area contributed by atoms with Crippen LogP contribution in [-0.4, -0.2) is 36.9 Å². The zero-order valence-corrected chi connectivity index (χ0v) is 7.81. The van der Waals surface area contributed by atoms with E-state index in [4.69, 9.17) is 5.11 Å². The van der Waals surface area contributed by atoms with Gasteiger partial charge in [0.25, 0.3) is 0 Å².